The zero-order valence-corrected chi connectivity index (χ0v) is 8.71. The fourth-order valence-electron chi connectivity index (χ4n) is 1.10. The third-order valence-electron chi connectivity index (χ3n) is 1.75. The summed E-state index contributed by atoms with van der Waals surface area (Å²) >= 11 is 6.70. The molecule has 0 saturated carbocycles. The van der Waals surface area contributed by atoms with Crippen LogP contribution in [0.5, 0.6) is 0 Å². The van der Waals surface area contributed by atoms with Gasteiger partial charge in [-0.25, -0.2) is 4.98 Å². The maximum atomic E-state index is 5.03. The van der Waals surface area contributed by atoms with Crippen molar-refractivity contribution in [2.24, 2.45) is 0 Å². The number of hydrogen-bond acceptors (Lipinski definition) is 3. The molecular weight excluding hydrogens is 200 g/mol. The van der Waals surface area contributed by atoms with Crippen molar-refractivity contribution < 1.29 is 0 Å². The van der Waals surface area contributed by atoms with Crippen molar-refractivity contribution in [1.82, 2.24) is 9.97 Å². The van der Waals surface area contributed by atoms with Crippen LogP contribution in [0.2, 0.25) is 0 Å². The van der Waals surface area contributed by atoms with E-state index < -0.39 is 0 Å². The highest BCUT2D eigenvalue weighted by Gasteiger charge is 2.03. The van der Waals surface area contributed by atoms with Gasteiger partial charge in [0.1, 0.15) is 10.5 Å². The molecule has 0 atom stereocenters. The van der Waals surface area contributed by atoms with Crippen LogP contribution in [0.1, 0.15) is 5.56 Å². The van der Waals surface area contributed by atoms with Crippen molar-refractivity contribution in [2.75, 3.05) is 0 Å². The summed E-state index contributed by atoms with van der Waals surface area (Å²) in [6.07, 6.45) is 1.73. The Labute approximate surface area is 85.3 Å². The topological polar surface area (TPSA) is 28.7 Å². The van der Waals surface area contributed by atoms with Gasteiger partial charge in [0, 0.05) is 6.20 Å². The molecule has 66 valence electrons. The Morgan fingerprint density at radius 1 is 1.46 bits per heavy atom. The van der Waals surface area contributed by atoms with Gasteiger partial charge in [0.05, 0.1) is 4.88 Å². The minimum Gasteiger partial charge on any atom is -0.330 e. The van der Waals surface area contributed by atoms with E-state index in [1.807, 2.05) is 0 Å². The molecule has 1 N–H and O–H groups in total. The van der Waals surface area contributed by atoms with E-state index >= 15 is 0 Å². The summed E-state index contributed by atoms with van der Waals surface area (Å²) in [5.74, 6) is 0.861. The molecule has 0 bridgehead atoms. The first-order chi connectivity index (χ1) is 6.27. The highest BCUT2D eigenvalue weighted by molar-refractivity contribution is 7.71. The van der Waals surface area contributed by atoms with Gasteiger partial charge in [0.25, 0.3) is 0 Å². The van der Waals surface area contributed by atoms with Gasteiger partial charge < -0.3 is 4.98 Å². The van der Waals surface area contributed by atoms with Gasteiger partial charge >= 0.3 is 0 Å². The summed E-state index contributed by atoms with van der Waals surface area (Å²) in [4.78, 5) is 8.45. The average Bonchev–Trinajstić information content (AvgIpc) is 2.51. The Morgan fingerprint density at radius 3 is 2.92 bits per heavy atom. The Morgan fingerprint density at radius 2 is 2.31 bits per heavy atom. The lowest BCUT2D eigenvalue weighted by Crippen LogP contribution is -1.86. The molecular formula is C9H8N2S2. The molecule has 0 amide bonds. The fraction of sp³-hybridized carbons (Fsp3) is 0.111. The normalized spacial score (nSPS) is 10.2. The molecule has 0 aromatic carbocycles. The van der Waals surface area contributed by atoms with Crippen LogP contribution in [0.25, 0.3) is 10.7 Å². The lowest BCUT2D eigenvalue weighted by atomic mass is 10.3. The van der Waals surface area contributed by atoms with E-state index in [0.717, 1.165) is 15.3 Å². The molecule has 0 aliphatic heterocycles. The van der Waals surface area contributed by atoms with Gasteiger partial charge in [-0.1, -0.05) is 12.2 Å². The molecule has 0 saturated heterocycles. The minimum absolute atomic E-state index is 0.720. The fourth-order valence-corrected chi connectivity index (χ4v) is 2.14. The Balaban J connectivity index is 2.59. The first-order valence-corrected chi connectivity index (χ1v) is 5.16. The molecule has 0 radical (unpaired) electrons. The second kappa shape index (κ2) is 3.40. The summed E-state index contributed by atoms with van der Waals surface area (Å²) in [6.45, 7) is 2.07. The molecule has 0 fully saturated rings. The second-order valence-electron chi connectivity index (χ2n) is 2.72. The Bertz CT molecular complexity index is 470. The first kappa shape index (κ1) is 8.59. The van der Waals surface area contributed by atoms with E-state index in [2.05, 4.69) is 28.3 Å². The van der Waals surface area contributed by atoms with Crippen molar-refractivity contribution >= 4 is 23.6 Å². The van der Waals surface area contributed by atoms with Gasteiger partial charge in [-0.05, 0) is 30.0 Å². The number of aromatic nitrogens is 2. The maximum Gasteiger partial charge on any atom is 0.148 e. The van der Waals surface area contributed by atoms with E-state index in [1.54, 1.807) is 23.6 Å². The molecule has 2 aromatic heterocycles. The molecule has 13 heavy (non-hydrogen) atoms. The first-order valence-electron chi connectivity index (χ1n) is 3.87. The number of H-pyrrole nitrogens is 1. The van der Waals surface area contributed by atoms with Crippen LogP contribution in [0, 0.1) is 11.6 Å². The molecule has 2 rings (SSSR count). The summed E-state index contributed by atoms with van der Waals surface area (Å²) in [6, 6.07) is 3.85. The lowest BCUT2D eigenvalue weighted by molar-refractivity contribution is 1.16. The van der Waals surface area contributed by atoms with Crippen LogP contribution < -0.4 is 0 Å². The van der Waals surface area contributed by atoms with E-state index in [0.29, 0.717) is 0 Å². The van der Waals surface area contributed by atoms with Crippen LogP contribution >= 0.6 is 23.6 Å². The standard InChI is InChI=1S/C9H8N2S2/c1-6-3-5-13-8(6)9-10-4-2-7(12)11-9/h2-5H,1H3,(H,10,11,12). The average molecular weight is 208 g/mol. The van der Waals surface area contributed by atoms with E-state index in [-0.39, 0.29) is 0 Å². The molecule has 2 heterocycles. The third-order valence-corrected chi connectivity index (χ3v) is 3.01. The SMILES string of the molecule is Cc1ccsc1-c1nccc(=S)[nH]1. The molecule has 0 spiro atoms. The Hall–Kier alpha value is -1.00. The van der Waals surface area contributed by atoms with Crippen LogP contribution in [-0.2, 0) is 0 Å². The van der Waals surface area contributed by atoms with Gasteiger partial charge in [-0.3, -0.25) is 0 Å². The Kier molecular flexibility index (Phi) is 2.24. The smallest absolute Gasteiger partial charge is 0.148 e. The second-order valence-corrected chi connectivity index (χ2v) is 4.07. The zero-order valence-electron chi connectivity index (χ0n) is 7.07. The molecule has 4 heteroatoms. The van der Waals surface area contributed by atoms with Crippen LogP contribution in [-0.4, -0.2) is 9.97 Å². The highest BCUT2D eigenvalue weighted by atomic mass is 32.1. The number of hydrogen-bond donors (Lipinski definition) is 1. The molecule has 0 aliphatic rings. The van der Waals surface area contributed by atoms with Gasteiger partial charge in [-0.2, -0.15) is 0 Å². The summed E-state index contributed by atoms with van der Waals surface area (Å²) in [7, 11) is 0. The van der Waals surface area contributed by atoms with Gasteiger partial charge in [-0.15, -0.1) is 11.3 Å². The molecule has 2 aromatic rings. The summed E-state index contributed by atoms with van der Waals surface area (Å²) < 4.78 is 0.720. The summed E-state index contributed by atoms with van der Waals surface area (Å²) in [5.41, 5.74) is 1.23. The van der Waals surface area contributed by atoms with Crippen molar-refractivity contribution in [2.45, 2.75) is 6.92 Å². The van der Waals surface area contributed by atoms with Crippen molar-refractivity contribution in [3.8, 4) is 10.7 Å². The highest BCUT2D eigenvalue weighted by Crippen LogP contribution is 2.25. The van der Waals surface area contributed by atoms with Crippen molar-refractivity contribution in [3.05, 3.63) is 33.9 Å². The van der Waals surface area contributed by atoms with Gasteiger partial charge in [0.2, 0.25) is 0 Å². The van der Waals surface area contributed by atoms with Crippen LogP contribution in [0.3, 0.4) is 0 Å². The number of rotatable bonds is 1. The van der Waals surface area contributed by atoms with Crippen molar-refractivity contribution in [3.63, 3.8) is 0 Å². The van der Waals surface area contributed by atoms with E-state index in [4.69, 9.17) is 12.2 Å². The van der Waals surface area contributed by atoms with Gasteiger partial charge in [0.15, 0.2) is 0 Å². The predicted molar refractivity (Wildman–Crippen MR) is 57.5 cm³/mol. The molecule has 2 nitrogen and oxygen atoms in total. The minimum atomic E-state index is 0.720. The number of aryl methyl sites for hydroxylation is 1. The largest absolute Gasteiger partial charge is 0.330 e. The summed E-state index contributed by atoms with van der Waals surface area (Å²) in [5, 5.41) is 2.05. The van der Waals surface area contributed by atoms with Crippen LogP contribution in [0.15, 0.2) is 23.7 Å². The molecule has 0 unspecified atom stereocenters. The van der Waals surface area contributed by atoms with E-state index in [9.17, 15) is 0 Å². The van der Waals surface area contributed by atoms with Crippen LogP contribution in [0.4, 0.5) is 0 Å². The number of thiophene rings is 1. The number of aromatic amines is 1. The molecule has 0 aliphatic carbocycles. The maximum absolute atomic E-state index is 5.03. The lowest BCUT2D eigenvalue weighted by Gasteiger charge is -1.97. The number of nitrogens with zero attached hydrogens (tertiary/aromatic N) is 1. The monoisotopic (exact) mass is 208 g/mol. The predicted octanol–water partition coefficient (Wildman–Crippen LogP) is 3.18. The quantitative estimate of drug-likeness (QED) is 0.729. The van der Waals surface area contributed by atoms with E-state index in [1.165, 1.54) is 5.56 Å². The van der Waals surface area contributed by atoms with Crippen molar-refractivity contribution in [1.29, 1.82) is 0 Å². The third kappa shape index (κ3) is 1.68. The number of nitrogens with one attached hydrogen (secondary N) is 1. The zero-order chi connectivity index (χ0) is 9.26.